The first-order valence-electron chi connectivity index (χ1n) is 12.9. The maximum atomic E-state index is 13.3. The van der Waals surface area contributed by atoms with Crippen molar-refractivity contribution in [3.63, 3.8) is 0 Å². The Balaban J connectivity index is 1.36. The third-order valence-corrected chi connectivity index (χ3v) is 6.66. The van der Waals surface area contributed by atoms with E-state index in [1.165, 1.54) is 12.1 Å². The Morgan fingerprint density at radius 3 is 2.29 bits per heavy atom. The van der Waals surface area contributed by atoms with Crippen molar-refractivity contribution < 1.29 is 18.7 Å². The molecule has 38 heavy (non-hydrogen) atoms. The SMILES string of the molecule is C[C@H]1CN(Cc2ccc(N(C)C(=O)c3cccc(-c4ccc(F)cc4)c3)cc2)CCN1C(=O)OC(C)(C)C. The van der Waals surface area contributed by atoms with Crippen LogP contribution in [0, 0.1) is 5.82 Å². The van der Waals surface area contributed by atoms with E-state index in [-0.39, 0.29) is 23.9 Å². The second-order valence-electron chi connectivity index (χ2n) is 10.9. The number of ether oxygens (including phenoxy) is 1. The number of hydrogen-bond donors (Lipinski definition) is 0. The molecular formula is C31H36FN3O3. The largest absolute Gasteiger partial charge is 0.444 e. The maximum absolute atomic E-state index is 13.3. The van der Waals surface area contributed by atoms with Crippen LogP contribution in [0.1, 0.15) is 43.6 Å². The summed E-state index contributed by atoms with van der Waals surface area (Å²) in [6.07, 6.45) is -0.259. The van der Waals surface area contributed by atoms with Gasteiger partial charge < -0.3 is 14.5 Å². The molecule has 0 saturated carbocycles. The summed E-state index contributed by atoms with van der Waals surface area (Å²) in [6.45, 7) is 10.6. The van der Waals surface area contributed by atoms with Gasteiger partial charge in [0, 0.05) is 50.5 Å². The molecule has 0 aliphatic carbocycles. The number of nitrogens with zero attached hydrogens (tertiary/aromatic N) is 3. The van der Waals surface area contributed by atoms with E-state index < -0.39 is 5.60 Å². The molecule has 200 valence electrons. The lowest BCUT2D eigenvalue weighted by atomic mass is 10.0. The number of hydrogen-bond acceptors (Lipinski definition) is 4. The molecule has 0 unspecified atom stereocenters. The standard InChI is InChI=1S/C31H36FN3O3/c1-22-20-34(17-18-35(22)30(37)38-31(2,3)4)21-23-9-15-28(16-10-23)33(5)29(36)26-8-6-7-25(19-26)24-11-13-27(32)14-12-24/h6-16,19,22H,17-18,20-21H2,1-5H3/t22-/m0/s1. The van der Waals surface area contributed by atoms with Crippen LogP contribution >= 0.6 is 0 Å². The zero-order valence-electron chi connectivity index (χ0n) is 22.8. The summed E-state index contributed by atoms with van der Waals surface area (Å²) >= 11 is 0. The highest BCUT2D eigenvalue weighted by molar-refractivity contribution is 6.06. The molecule has 0 spiro atoms. The summed E-state index contributed by atoms with van der Waals surface area (Å²) in [6, 6.07) is 21.7. The van der Waals surface area contributed by atoms with Crippen LogP contribution in [0.15, 0.2) is 72.8 Å². The van der Waals surface area contributed by atoms with Gasteiger partial charge in [-0.1, -0.05) is 36.4 Å². The lowest BCUT2D eigenvalue weighted by Gasteiger charge is -2.40. The van der Waals surface area contributed by atoms with Crippen molar-refractivity contribution in [1.29, 1.82) is 0 Å². The van der Waals surface area contributed by atoms with Crippen LogP contribution < -0.4 is 4.90 Å². The van der Waals surface area contributed by atoms with Crippen LogP contribution in [0.25, 0.3) is 11.1 Å². The maximum Gasteiger partial charge on any atom is 0.410 e. The summed E-state index contributed by atoms with van der Waals surface area (Å²) in [5, 5.41) is 0. The molecule has 0 N–H and O–H groups in total. The molecule has 2 amide bonds. The van der Waals surface area contributed by atoms with E-state index in [9.17, 15) is 14.0 Å². The molecule has 7 heteroatoms. The number of rotatable bonds is 5. The predicted molar refractivity (Wildman–Crippen MR) is 149 cm³/mol. The van der Waals surface area contributed by atoms with Crippen molar-refractivity contribution in [2.45, 2.75) is 45.9 Å². The van der Waals surface area contributed by atoms with Gasteiger partial charge in [-0.25, -0.2) is 9.18 Å². The predicted octanol–water partition coefficient (Wildman–Crippen LogP) is 6.21. The quantitative estimate of drug-likeness (QED) is 0.404. The molecule has 0 radical (unpaired) electrons. The van der Waals surface area contributed by atoms with E-state index in [1.54, 1.807) is 35.0 Å². The second kappa shape index (κ2) is 11.4. The van der Waals surface area contributed by atoms with Crippen LogP contribution in [0.2, 0.25) is 0 Å². The molecule has 3 aromatic rings. The monoisotopic (exact) mass is 517 g/mol. The zero-order valence-corrected chi connectivity index (χ0v) is 22.8. The number of amides is 2. The number of carbonyl (C=O) groups is 2. The van der Waals surface area contributed by atoms with Gasteiger partial charge in [0.1, 0.15) is 11.4 Å². The molecule has 1 fully saturated rings. The number of carbonyl (C=O) groups excluding carboxylic acids is 2. The van der Waals surface area contributed by atoms with Crippen LogP contribution in [-0.4, -0.2) is 60.1 Å². The van der Waals surface area contributed by atoms with Gasteiger partial charge in [0.2, 0.25) is 0 Å². The van der Waals surface area contributed by atoms with Crippen LogP contribution in [0.5, 0.6) is 0 Å². The van der Waals surface area contributed by atoms with Gasteiger partial charge in [-0.3, -0.25) is 9.69 Å². The van der Waals surface area contributed by atoms with Crippen molar-refractivity contribution >= 4 is 17.7 Å². The summed E-state index contributed by atoms with van der Waals surface area (Å²) in [7, 11) is 1.76. The first-order valence-corrected chi connectivity index (χ1v) is 12.9. The van der Waals surface area contributed by atoms with E-state index in [4.69, 9.17) is 4.74 Å². The van der Waals surface area contributed by atoms with Gasteiger partial charge in [0.05, 0.1) is 0 Å². The van der Waals surface area contributed by atoms with Crippen LogP contribution in [-0.2, 0) is 11.3 Å². The van der Waals surface area contributed by atoms with Crippen molar-refractivity contribution in [1.82, 2.24) is 9.80 Å². The fraction of sp³-hybridized carbons (Fsp3) is 0.355. The Bertz CT molecular complexity index is 1270. The smallest absolute Gasteiger partial charge is 0.410 e. The highest BCUT2D eigenvalue weighted by Gasteiger charge is 2.30. The van der Waals surface area contributed by atoms with E-state index in [1.807, 2.05) is 70.2 Å². The van der Waals surface area contributed by atoms with Crippen molar-refractivity contribution in [2.75, 3.05) is 31.6 Å². The van der Waals surface area contributed by atoms with Gasteiger partial charge in [0.15, 0.2) is 0 Å². The molecule has 1 aliphatic rings. The van der Waals surface area contributed by atoms with E-state index >= 15 is 0 Å². The van der Waals surface area contributed by atoms with Crippen molar-refractivity contribution in [3.8, 4) is 11.1 Å². The molecule has 4 rings (SSSR count). The summed E-state index contributed by atoms with van der Waals surface area (Å²) in [5.74, 6) is -0.407. The third-order valence-electron chi connectivity index (χ3n) is 6.66. The van der Waals surface area contributed by atoms with Gasteiger partial charge in [-0.15, -0.1) is 0 Å². The van der Waals surface area contributed by atoms with Crippen LogP contribution in [0.4, 0.5) is 14.9 Å². The molecule has 3 aromatic carbocycles. The van der Waals surface area contributed by atoms with Crippen LogP contribution in [0.3, 0.4) is 0 Å². The fourth-order valence-corrected chi connectivity index (χ4v) is 4.64. The summed E-state index contributed by atoms with van der Waals surface area (Å²) in [5.41, 5.74) is 3.72. The Labute approximate surface area is 224 Å². The molecule has 1 aliphatic heterocycles. The number of benzene rings is 3. The fourth-order valence-electron chi connectivity index (χ4n) is 4.64. The number of piperazine rings is 1. The van der Waals surface area contributed by atoms with Gasteiger partial charge in [0.25, 0.3) is 5.91 Å². The first-order chi connectivity index (χ1) is 18.0. The molecule has 0 aromatic heterocycles. The Morgan fingerprint density at radius 1 is 0.974 bits per heavy atom. The summed E-state index contributed by atoms with van der Waals surface area (Å²) < 4.78 is 18.8. The minimum atomic E-state index is -0.504. The Hall–Kier alpha value is -3.71. The normalized spacial score (nSPS) is 16.3. The molecule has 6 nitrogen and oxygen atoms in total. The van der Waals surface area contributed by atoms with Crippen molar-refractivity contribution in [3.05, 3.63) is 89.7 Å². The first kappa shape index (κ1) is 27.3. The molecule has 1 heterocycles. The topological polar surface area (TPSA) is 53.1 Å². The van der Waals surface area contributed by atoms with E-state index in [2.05, 4.69) is 4.90 Å². The lowest BCUT2D eigenvalue weighted by Crippen LogP contribution is -2.54. The summed E-state index contributed by atoms with van der Waals surface area (Å²) in [4.78, 5) is 31.5. The molecule has 0 bridgehead atoms. The average Bonchev–Trinajstić information content (AvgIpc) is 2.88. The molecule has 1 atom stereocenters. The molecular weight excluding hydrogens is 481 g/mol. The number of halogens is 1. The Morgan fingerprint density at radius 2 is 1.66 bits per heavy atom. The Kier molecular flexibility index (Phi) is 8.17. The number of anilines is 1. The zero-order chi connectivity index (χ0) is 27.4. The van der Waals surface area contributed by atoms with Gasteiger partial charge >= 0.3 is 6.09 Å². The second-order valence-corrected chi connectivity index (χ2v) is 10.9. The van der Waals surface area contributed by atoms with E-state index in [0.29, 0.717) is 12.1 Å². The van der Waals surface area contributed by atoms with Gasteiger partial charge in [-0.2, -0.15) is 0 Å². The average molecular weight is 518 g/mol. The van der Waals surface area contributed by atoms with E-state index in [0.717, 1.165) is 42.0 Å². The molecule has 1 saturated heterocycles. The third kappa shape index (κ3) is 6.78. The minimum Gasteiger partial charge on any atom is -0.444 e. The van der Waals surface area contributed by atoms with Gasteiger partial charge in [-0.05, 0) is 80.8 Å². The highest BCUT2D eigenvalue weighted by Crippen LogP contribution is 2.24. The van der Waals surface area contributed by atoms with Crippen molar-refractivity contribution in [2.24, 2.45) is 0 Å². The lowest BCUT2D eigenvalue weighted by molar-refractivity contribution is 0.000551. The minimum absolute atomic E-state index is 0.0623. The highest BCUT2D eigenvalue weighted by atomic mass is 19.1.